The third-order valence-electron chi connectivity index (χ3n) is 3.89. The van der Waals surface area contributed by atoms with Crippen molar-refractivity contribution in [1.29, 1.82) is 0 Å². The van der Waals surface area contributed by atoms with Gasteiger partial charge in [0.15, 0.2) is 0 Å². The zero-order valence-corrected chi connectivity index (χ0v) is 15.3. The van der Waals surface area contributed by atoms with E-state index in [4.69, 9.17) is 0 Å². The van der Waals surface area contributed by atoms with E-state index in [0.29, 0.717) is 5.56 Å². The number of anilines is 1. The fraction of sp³-hybridized carbons (Fsp3) is 0. The Bertz CT molecular complexity index is 1020. The van der Waals surface area contributed by atoms with Crippen LogP contribution in [0.3, 0.4) is 0 Å². The summed E-state index contributed by atoms with van der Waals surface area (Å²) < 4.78 is 3.02. The third-order valence-corrected chi connectivity index (χ3v) is 4.56. The topological polar surface area (TPSA) is 46.4 Å². The number of nitrogens with zero attached hydrogens (tertiary/aromatic N) is 2. The molecule has 0 spiro atoms. The van der Waals surface area contributed by atoms with Gasteiger partial charge in [0.05, 0.1) is 5.69 Å². The second-order valence-corrected chi connectivity index (χ2v) is 6.88. The highest BCUT2D eigenvalue weighted by Crippen LogP contribution is 2.21. The lowest BCUT2D eigenvalue weighted by Crippen LogP contribution is -2.11. The van der Waals surface area contributed by atoms with E-state index in [1.54, 1.807) is 0 Å². The van der Waals surface area contributed by atoms with Gasteiger partial charge in [-0.3, -0.25) is 4.79 Å². The molecule has 25 heavy (non-hydrogen) atoms. The molecule has 4 rings (SSSR count). The molecule has 0 saturated carbocycles. The van der Waals surface area contributed by atoms with E-state index >= 15 is 0 Å². The number of aromatic nitrogens is 2. The van der Waals surface area contributed by atoms with Crippen LogP contribution in [0.25, 0.3) is 16.9 Å². The summed E-state index contributed by atoms with van der Waals surface area (Å²) in [4.78, 5) is 16.9. The molecule has 122 valence electrons. The first-order valence-electron chi connectivity index (χ1n) is 7.80. The molecule has 2 aromatic carbocycles. The van der Waals surface area contributed by atoms with Gasteiger partial charge in [-0.25, -0.2) is 4.98 Å². The van der Waals surface area contributed by atoms with Crippen molar-refractivity contribution in [2.45, 2.75) is 0 Å². The molecule has 0 fully saturated rings. The molecule has 0 bridgehead atoms. The van der Waals surface area contributed by atoms with Gasteiger partial charge in [-0.15, -0.1) is 0 Å². The fourth-order valence-electron chi connectivity index (χ4n) is 2.63. The second kappa shape index (κ2) is 6.68. The lowest BCUT2D eigenvalue weighted by Gasteiger charge is -2.06. The highest BCUT2D eigenvalue weighted by atomic mass is 127. The number of carbonyl (C=O) groups is 1. The molecule has 4 aromatic rings. The SMILES string of the molecule is O=C(Nc1ccc(-c2cn3ccccc3n2)cc1)c1cccc(I)c1. The molecule has 0 aliphatic heterocycles. The van der Waals surface area contributed by atoms with Crippen molar-refractivity contribution in [2.24, 2.45) is 0 Å². The lowest BCUT2D eigenvalue weighted by molar-refractivity contribution is 0.102. The van der Waals surface area contributed by atoms with Crippen LogP contribution in [0.4, 0.5) is 5.69 Å². The average molecular weight is 439 g/mol. The summed E-state index contributed by atoms with van der Waals surface area (Å²) in [5, 5.41) is 2.92. The molecule has 0 unspecified atom stereocenters. The summed E-state index contributed by atoms with van der Waals surface area (Å²) in [6.45, 7) is 0. The van der Waals surface area contributed by atoms with Crippen molar-refractivity contribution in [3.05, 3.63) is 88.3 Å². The van der Waals surface area contributed by atoms with Gasteiger partial charge in [0, 0.05) is 32.8 Å². The summed E-state index contributed by atoms with van der Waals surface area (Å²) in [5.41, 5.74) is 4.24. The van der Waals surface area contributed by atoms with E-state index in [2.05, 4.69) is 32.9 Å². The van der Waals surface area contributed by atoms with E-state index in [0.717, 1.165) is 26.2 Å². The van der Waals surface area contributed by atoms with E-state index in [1.165, 1.54) is 0 Å². The first-order valence-corrected chi connectivity index (χ1v) is 8.88. The molecule has 5 heteroatoms. The normalized spacial score (nSPS) is 10.8. The molecule has 1 amide bonds. The minimum absolute atomic E-state index is 0.112. The van der Waals surface area contributed by atoms with E-state index in [1.807, 2.05) is 83.5 Å². The smallest absolute Gasteiger partial charge is 0.255 e. The van der Waals surface area contributed by atoms with E-state index in [9.17, 15) is 4.79 Å². The Labute approximate surface area is 158 Å². The molecule has 2 aromatic heterocycles. The maximum absolute atomic E-state index is 12.3. The zero-order valence-electron chi connectivity index (χ0n) is 13.2. The molecule has 1 N–H and O–H groups in total. The van der Waals surface area contributed by atoms with Gasteiger partial charge in [-0.05, 0) is 65.1 Å². The average Bonchev–Trinajstić information content (AvgIpc) is 3.06. The number of hydrogen-bond donors (Lipinski definition) is 1. The van der Waals surface area contributed by atoms with Gasteiger partial charge < -0.3 is 9.72 Å². The minimum atomic E-state index is -0.112. The van der Waals surface area contributed by atoms with Crippen LogP contribution in [0.15, 0.2) is 79.1 Å². The van der Waals surface area contributed by atoms with Crippen LogP contribution in [0, 0.1) is 3.57 Å². The van der Waals surface area contributed by atoms with Crippen LogP contribution in [0.2, 0.25) is 0 Å². The van der Waals surface area contributed by atoms with Crippen LogP contribution in [0.5, 0.6) is 0 Å². The van der Waals surface area contributed by atoms with Crippen LogP contribution in [0.1, 0.15) is 10.4 Å². The van der Waals surface area contributed by atoms with Gasteiger partial charge in [0.1, 0.15) is 5.65 Å². The highest BCUT2D eigenvalue weighted by molar-refractivity contribution is 14.1. The monoisotopic (exact) mass is 439 g/mol. The summed E-state index contributed by atoms with van der Waals surface area (Å²) >= 11 is 2.20. The standard InChI is InChI=1S/C20H14IN3O/c21-16-5-3-4-15(12-16)20(25)22-17-9-7-14(8-10-17)18-13-24-11-2-1-6-19(24)23-18/h1-13H,(H,22,25). The van der Waals surface area contributed by atoms with Gasteiger partial charge in [-0.2, -0.15) is 0 Å². The fourth-order valence-corrected chi connectivity index (χ4v) is 3.17. The summed E-state index contributed by atoms with van der Waals surface area (Å²) in [7, 11) is 0. The Morgan fingerprint density at radius 1 is 1.00 bits per heavy atom. The molecule has 4 nitrogen and oxygen atoms in total. The molecule has 2 heterocycles. The number of halogens is 1. The number of amides is 1. The van der Waals surface area contributed by atoms with Crippen LogP contribution in [-0.4, -0.2) is 15.3 Å². The predicted molar refractivity (Wildman–Crippen MR) is 108 cm³/mol. The van der Waals surface area contributed by atoms with Gasteiger partial charge in [0.2, 0.25) is 0 Å². The van der Waals surface area contributed by atoms with Crippen molar-refractivity contribution in [3.63, 3.8) is 0 Å². The van der Waals surface area contributed by atoms with Crippen molar-refractivity contribution >= 4 is 39.8 Å². The first-order chi connectivity index (χ1) is 12.2. The zero-order chi connectivity index (χ0) is 17.2. The Hall–Kier alpha value is -2.67. The molecular formula is C20H14IN3O. The van der Waals surface area contributed by atoms with Crippen LogP contribution in [-0.2, 0) is 0 Å². The van der Waals surface area contributed by atoms with Gasteiger partial charge in [0.25, 0.3) is 5.91 Å². The van der Waals surface area contributed by atoms with Crippen molar-refractivity contribution in [2.75, 3.05) is 5.32 Å². The highest BCUT2D eigenvalue weighted by Gasteiger charge is 2.08. The minimum Gasteiger partial charge on any atom is -0.322 e. The van der Waals surface area contributed by atoms with Gasteiger partial charge in [-0.1, -0.05) is 24.3 Å². The Morgan fingerprint density at radius 3 is 2.60 bits per heavy atom. The number of carbonyl (C=O) groups excluding carboxylic acids is 1. The third kappa shape index (κ3) is 3.41. The number of nitrogens with one attached hydrogen (secondary N) is 1. The molecule has 0 aliphatic carbocycles. The maximum Gasteiger partial charge on any atom is 0.255 e. The first kappa shape index (κ1) is 15.8. The number of rotatable bonds is 3. The van der Waals surface area contributed by atoms with Crippen molar-refractivity contribution in [3.8, 4) is 11.3 Å². The van der Waals surface area contributed by atoms with Gasteiger partial charge >= 0.3 is 0 Å². The summed E-state index contributed by atoms with van der Waals surface area (Å²) in [5.74, 6) is -0.112. The molecule has 0 saturated heterocycles. The Balaban J connectivity index is 1.54. The quantitative estimate of drug-likeness (QED) is 0.464. The Kier molecular flexibility index (Phi) is 4.23. The lowest BCUT2D eigenvalue weighted by atomic mass is 10.1. The number of hydrogen-bond acceptors (Lipinski definition) is 2. The predicted octanol–water partition coefficient (Wildman–Crippen LogP) is 4.86. The maximum atomic E-state index is 12.3. The van der Waals surface area contributed by atoms with Crippen LogP contribution >= 0.6 is 22.6 Å². The Morgan fingerprint density at radius 2 is 1.84 bits per heavy atom. The van der Waals surface area contributed by atoms with Crippen molar-refractivity contribution < 1.29 is 4.79 Å². The number of fused-ring (bicyclic) bond motifs is 1. The molecule has 0 radical (unpaired) electrons. The molecular weight excluding hydrogens is 425 g/mol. The summed E-state index contributed by atoms with van der Waals surface area (Å²) in [6.07, 6.45) is 3.97. The van der Waals surface area contributed by atoms with Crippen molar-refractivity contribution in [1.82, 2.24) is 9.38 Å². The van der Waals surface area contributed by atoms with E-state index in [-0.39, 0.29) is 5.91 Å². The molecule has 0 aliphatic rings. The number of imidazole rings is 1. The number of pyridine rings is 1. The second-order valence-electron chi connectivity index (χ2n) is 5.63. The van der Waals surface area contributed by atoms with E-state index < -0.39 is 0 Å². The largest absolute Gasteiger partial charge is 0.322 e. The number of benzene rings is 2. The van der Waals surface area contributed by atoms with Crippen LogP contribution < -0.4 is 5.32 Å². The summed E-state index contributed by atoms with van der Waals surface area (Å²) in [6, 6.07) is 21.1. The molecule has 0 atom stereocenters.